The van der Waals surface area contributed by atoms with Crippen molar-refractivity contribution < 1.29 is 29.3 Å². The molecule has 8 heteroatoms. The number of aliphatic hydroxyl groups is 2. The first-order valence-electron chi connectivity index (χ1n) is 10.6. The summed E-state index contributed by atoms with van der Waals surface area (Å²) >= 11 is 0. The van der Waals surface area contributed by atoms with Crippen LogP contribution in [0.3, 0.4) is 0 Å². The van der Waals surface area contributed by atoms with Gasteiger partial charge in [-0.1, -0.05) is 36.8 Å². The molecule has 0 bridgehead atoms. The van der Waals surface area contributed by atoms with Gasteiger partial charge >= 0.3 is 5.97 Å². The summed E-state index contributed by atoms with van der Waals surface area (Å²) in [5.41, 5.74) is 0.824. The van der Waals surface area contributed by atoms with Crippen molar-refractivity contribution in [2.24, 2.45) is 5.92 Å². The van der Waals surface area contributed by atoms with E-state index in [-0.39, 0.29) is 37.4 Å². The van der Waals surface area contributed by atoms with Crippen LogP contribution in [0.15, 0.2) is 30.3 Å². The molecule has 1 aliphatic rings. The molecule has 166 valence electrons. The van der Waals surface area contributed by atoms with Gasteiger partial charge in [0, 0.05) is 12.5 Å². The molecule has 1 aromatic carbocycles. The highest BCUT2D eigenvalue weighted by Gasteiger charge is 2.31. The van der Waals surface area contributed by atoms with Gasteiger partial charge in [-0.05, 0) is 37.7 Å². The van der Waals surface area contributed by atoms with Crippen LogP contribution in [0.5, 0.6) is 0 Å². The quantitative estimate of drug-likeness (QED) is 0.279. The number of unbranched alkanes of at least 4 members (excludes halogenated alkanes) is 1. The number of amides is 2. The maximum absolute atomic E-state index is 12.5. The number of carbonyl (C=O) groups excluding carboxylic acids is 3. The Bertz CT molecular complexity index is 677. The first-order valence-corrected chi connectivity index (χ1v) is 10.6. The van der Waals surface area contributed by atoms with Gasteiger partial charge in [-0.15, -0.1) is 0 Å². The molecule has 0 aromatic heterocycles. The van der Waals surface area contributed by atoms with Gasteiger partial charge in [0.1, 0.15) is 12.6 Å². The van der Waals surface area contributed by atoms with E-state index < -0.39 is 18.1 Å². The molecule has 2 amide bonds. The van der Waals surface area contributed by atoms with E-state index in [1.807, 2.05) is 30.3 Å². The molecule has 0 aliphatic heterocycles. The Kier molecular flexibility index (Phi) is 10.3. The lowest BCUT2D eigenvalue weighted by Gasteiger charge is -2.26. The number of rotatable bonds is 13. The fourth-order valence-electron chi connectivity index (χ4n) is 3.06. The van der Waals surface area contributed by atoms with E-state index in [0.29, 0.717) is 25.8 Å². The van der Waals surface area contributed by atoms with Crippen LogP contribution < -0.4 is 10.6 Å². The molecular weight excluding hydrogens is 388 g/mol. The van der Waals surface area contributed by atoms with Crippen LogP contribution in [0.25, 0.3) is 0 Å². The van der Waals surface area contributed by atoms with Crippen molar-refractivity contribution in [3.05, 3.63) is 35.9 Å². The minimum Gasteiger partial charge on any atom is -0.459 e. The fourth-order valence-corrected chi connectivity index (χ4v) is 3.06. The number of ether oxygens (including phenoxy) is 1. The Hall–Kier alpha value is -2.45. The lowest BCUT2D eigenvalue weighted by Crippen LogP contribution is -2.48. The lowest BCUT2D eigenvalue weighted by molar-refractivity contribution is -0.151. The van der Waals surface area contributed by atoms with Crippen LogP contribution >= 0.6 is 0 Å². The summed E-state index contributed by atoms with van der Waals surface area (Å²) in [6, 6.07) is 8.17. The fraction of sp³-hybridized carbons (Fsp3) is 0.591. The molecule has 30 heavy (non-hydrogen) atoms. The SMILES string of the molecule is O=C(CC(NC(=O)C1CCC1)C(=O)OCc1ccccc1)NCCCCC(O)CO. The highest BCUT2D eigenvalue weighted by atomic mass is 16.5. The summed E-state index contributed by atoms with van der Waals surface area (Å²) in [6.07, 6.45) is 3.40. The molecule has 2 rings (SSSR count). The maximum atomic E-state index is 12.5. The van der Waals surface area contributed by atoms with Crippen LogP contribution in [0.2, 0.25) is 0 Å². The first kappa shape index (κ1) is 23.8. The topological polar surface area (TPSA) is 125 Å². The van der Waals surface area contributed by atoms with Gasteiger partial charge < -0.3 is 25.6 Å². The Morgan fingerprint density at radius 1 is 1.13 bits per heavy atom. The monoisotopic (exact) mass is 420 g/mol. The van der Waals surface area contributed by atoms with Crippen LogP contribution in [-0.4, -0.2) is 53.3 Å². The molecule has 1 fully saturated rings. The lowest BCUT2D eigenvalue weighted by atomic mass is 9.84. The van der Waals surface area contributed by atoms with Crippen LogP contribution in [0.1, 0.15) is 50.5 Å². The van der Waals surface area contributed by atoms with Gasteiger partial charge in [0.05, 0.1) is 19.1 Å². The van der Waals surface area contributed by atoms with Gasteiger partial charge in [-0.3, -0.25) is 9.59 Å². The number of carbonyl (C=O) groups is 3. The highest BCUT2D eigenvalue weighted by molar-refractivity contribution is 5.90. The summed E-state index contributed by atoms with van der Waals surface area (Å²) in [4.78, 5) is 37.1. The molecule has 0 spiro atoms. The maximum Gasteiger partial charge on any atom is 0.329 e. The number of hydrogen-bond acceptors (Lipinski definition) is 6. The van der Waals surface area contributed by atoms with E-state index in [4.69, 9.17) is 9.84 Å². The van der Waals surface area contributed by atoms with Crippen molar-refractivity contribution in [2.45, 2.75) is 63.7 Å². The first-order chi connectivity index (χ1) is 14.5. The summed E-state index contributed by atoms with van der Waals surface area (Å²) in [6.45, 7) is 0.184. The molecule has 2 unspecified atom stereocenters. The molecule has 8 nitrogen and oxygen atoms in total. The third-order valence-corrected chi connectivity index (χ3v) is 5.19. The minimum atomic E-state index is -1.03. The second-order valence-corrected chi connectivity index (χ2v) is 7.67. The molecule has 0 saturated heterocycles. The largest absolute Gasteiger partial charge is 0.459 e. The van der Waals surface area contributed by atoms with E-state index in [9.17, 15) is 19.5 Å². The van der Waals surface area contributed by atoms with E-state index in [2.05, 4.69) is 10.6 Å². The Morgan fingerprint density at radius 2 is 1.87 bits per heavy atom. The van der Waals surface area contributed by atoms with Crippen molar-refractivity contribution in [2.75, 3.05) is 13.2 Å². The molecular formula is C22H32N2O6. The smallest absolute Gasteiger partial charge is 0.329 e. The van der Waals surface area contributed by atoms with E-state index in [1.165, 1.54) is 0 Å². The average molecular weight is 421 g/mol. The summed E-state index contributed by atoms with van der Waals surface area (Å²) in [5, 5.41) is 23.5. The van der Waals surface area contributed by atoms with Crippen LogP contribution in [-0.2, 0) is 25.7 Å². The number of nitrogens with one attached hydrogen (secondary N) is 2. The predicted octanol–water partition coefficient (Wildman–Crippen LogP) is 1.04. The molecule has 0 heterocycles. The second kappa shape index (κ2) is 13.0. The van der Waals surface area contributed by atoms with Gasteiger partial charge in [0.2, 0.25) is 11.8 Å². The summed E-state index contributed by atoms with van der Waals surface area (Å²) in [7, 11) is 0. The second-order valence-electron chi connectivity index (χ2n) is 7.67. The van der Waals surface area contributed by atoms with Crippen molar-refractivity contribution in [1.29, 1.82) is 0 Å². The van der Waals surface area contributed by atoms with E-state index >= 15 is 0 Å². The zero-order chi connectivity index (χ0) is 21.8. The van der Waals surface area contributed by atoms with Gasteiger partial charge in [-0.25, -0.2) is 4.79 Å². The third-order valence-electron chi connectivity index (χ3n) is 5.19. The predicted molar refractivity (Wildman–Crippen MR) is 110 cm³/mol. The Labute approximate surface area is 177 Å². The van der Waals surface area contributed by atoms with E-state index in [1.54, 1.807) is 0 Å². The van der Waals surface area contributed by atoms with Crippen molar-refractivity contribution in [3.8, 4) is 0 Å². The van der Waals surface area contributed by atoms with Crippen molar-refractivity contribution >= 4 is 17.8 Å². The average Bonchev–Trinajstić information content (AvgIpc) is 2.70. The molecule has 4 N–H and O–H groups in total. The third kappa shape index (κ3) is 8.51. The van der Waals surface area contributed by atoms with Gasteiger partial charge in [0.25, 0.3) is 0 Å². The molecule has 2 atom stereocenters. The number of benzene rings is 1. The highest BCUT2D eigenvalue weighted by Crippen LogP contribution is 2.26. The standard InChI is InChI=1S/C22H32N2O6/c25-14-18(26)11-4-5-12-23-20(27)13-19(24-21(28)17-9-6-10-17)22(29)30-15-16-7-2-1-3-8-16/h1-3,7-8,17-19,25-26H,4-6,9-15H2,(H,23,27)(H,24,28). The van der Waals surface area contributed by atoms with E-state index in [0.717, 1.165) is 24.8 Å². The zero-order valence-corrected chi connectivity index (χ0v) is 17.2. The molecule has 1 aromatic rings. The van der Waals surface area contributed by atoms with Crippen LogP contribution in [0, 0.1) is 5.92 Å². The zero-order valence-electron chi connectivity index (χ0n) is 17.2. The Morgan fingerprint density at radius 3 is 2.50 bits per heavy atom. The Balaban J connectivity index is 1.81. The number of esters is 1. The molecule has 0 radical (unpaired) electrons. The summed E-state index contributed by atoms with van der Waals surface area (Å²) < 4.78 is 5.32. The number of hydrogen-bond donors (Lipinski definition) is 4. The summed E-state index contributed by atoms with van der Waals surface area (Å²) in [5.74, 6) is -1.30. The van der Waals surface area contributed by atoms with Crippen molar-refractivity contribution in [1.82, 2.24) is 10.6 Å². The molecule has 1 aliphatic carbocycles. The molecule has 1 saturated carbocycles. The normalized spacial score (nSPS) is 15.5. The van der Waals surface area contributed by atoms with Gasteiger partial charge in [-0.2, -0.15) is 0 Å². The van der Waals surface area contributed by atoms with Crippen molar-refractivity contribution in [3.63, 3.8) is 0 Å². The number of aliphatic hydroxyl groups excluding tert-OH is 2. The van der Waals surface area contributed by atoms with Gasteiger partial charge in [0.15, 0.2) is 0 Å². The van der Waals surface area contributed by atoms with Crippen LogP contribution in [0.4, 0.5) is 0 Å². The minimum absolute atomic E-state index is 0.0737.